The molecule has 0 aromatic heterocycles. The number of carbonyl (C=O) groups is 4. The summed E-state index contributed by atoms with van der Waals surface area (Å²) in [7, 11) is 0. The first-order valence-electron chi connectivity index (χ1n) is 6.35. The summed E-state index contributed by atoms with van der Waals surface area (Å²) in [6.45, 7) is 5.20. The van der Waals surface area contributed by atoms with Gasteiger partial charge in [0, 0.05) is 51.4 Å². The topological polar surface area (TPSA) is 68.3 Å². The Morgan fingerprint density at radius 1 is 0.667 bits per heavy atom. The second-order valence-electron chi connectivity index (χ2n) is 4.26. The Balaban J connectivity index is 3.68. The molecule has 0 bridgehead atoms. The number of hydrogen-bond acceptors (Lipinski definition) is 4. The van der Waals surface area contributed by atoms with Crippen LogP contribution >= 0.6 is 0 Å². The fraction of sp³-hybridized carbons (Fsp3) is 0.643. The molecular weight excluding hydrogens is 232 g/mol. The summed E-state index contributed by atoms with van der Waals surface area (Å²) in [6.07, 6.45) is 1.88. The van der Waals surface area contributed by atoms with Gasteiger partial charge in [-0.1, -0.05) is 6.92 Å². The van der Waals surface area contributed by atoms with E-state index in [9.17, 15) is 19.2 Å². The molecule has 0 fully saturated rings. The monoisotopic (exact) mass is 253 g/mol. The zero-order chi connectivity index (χ0) is 14.0. The molecule has 0 saturated carbocycles. The molecule has 0 aliphatic heterocycles. The van der Waals surface area contributed by atoms with E-state index in [0.29, 0.717) is 6.42 Å². The zero-order valence-corrected chi connectivity index (χ0v) is 11.0. The molecule has 4 nitrogen and oxygen atoms in total. The van der Waals surface area contributed by atoms with Gasteiger partial charge in [0.1, 0.15) is 23.1 Å². The molecule has 0 N–H and O–H groups in total. The van der Waals surface area contributed by atoms with Crippen LogP contribution in [0.5, 0.6) is 0 Å². The molecular formula is C14H21O4. The van der Waals surface area contributed by atoms with E-state index in [1.165, 1.54) is 0 Å². The average molecular weight is 253 g/mol. The highest BCUT2D eigenvalue weighted by atomic mass is 16.1. The number of hydrogen-bond donors (Lipinski definition) is 0. The highest BCUT2D eigenvalue weighted by Gasteiger charge is 2.10. The molecule has 0 aliphatic carbocycles. The summed E-state index contributed by atoms with van der Waals surface area (Å²) in [6, 6.07) is 0. The Kier molecular flexibility index (Phi) is 8.97. The van der Waals surface area contributed by atoms with Crippen LogP contribution in [0.3, 0.4) is 0 Å². The van der Waals surface area contributed by atoms with Gasteiger partial charge in [-0.2, -0.15) is 0 Å². The lowest BCUT2D eigenvalue weighted by Gasteiger charge is -2.00. The molecule has 0 rings (SSSR count). The molecule has 0 atom stereocenters. The van der Waals surface area contributed by atoms with Crippen molar-refractivity contribution >= 4 is 23.1 Å². The van der Waals surface area contributed by atoms with Crippen molar-refractivity contribution < 1.29 is 19.2 Å². The van der Waals surface area contributed by atoms with E-state index in [1.807, 2.05) is 0 Å². The van der Waals surface area contributed by atoms with Gasteiger partial charge in [0.05, 0.1) is 0 Å². The SMILES string of the molecule is [CH2]CC(=O)CCC(=O)CCC(=O)CCC(=O)CC. The van der Waals surface area contributed by atoms with Crippen molar-refractivity contribution in [2.45, 2.75) is 58.3 Å². The van der Waals surface area contributed by atoms with Gasteiger partial charge >= 0.3 is 0 Å². The highest BCUT2D eigenvalue weighted by molar-refractivity contribution is 5.90. The first kappa shape index (κ1) is 16.7. The predicted molar refractivity (Wildman–Crippen MR) is 68.0 cm³/mol. The number of rotatable bonds is 11. The first-order chi connectivity index (χ1) is 8.49. The number of Topliss-reactive ketones (excluding diaryl/α,β-unsaturated/α-hetero) is 4. The molecule has 4 heteroatoms. The third kappa shape index (κ3) is 8.79. The quantitative estimate of drug-likeness (QED) is 0.566. The molecule has 0 aromatic carbocycles. The Labute approximate surface area is 108 Å². The van der Waals surface area contributed by atoms with Crippen molar-refractivity contribution in [3.8, 4) is 0 Å². The summed E-state index contributed by atoms with van der Waals surface area (Å²) in [5, 5.41) is 0. The fourth-order valence-corrected chi connectivity index (χ4v) is 1.39. The lowest BCUT2D eigenvalue weighted by molar-refractivity contribution is -0.126. The lowest BCUT2D eigenvalue weighted by atomic mass is 10.0. The molecule has 0 unspecified atom stereocenters. The Bertz CT molecular complexity index is 286. The van der Waals surface area contributed by atoms with E-state index in [-0.39, 0.29) is 68.1 Å². The van der Waals surface area contributed by atoms with Crippen LogP contribution in [0.25, 0.3) is 0 Å². The largest absolute Gasteiger partial charge is 0.300 e. The van der Waals surface area contributed by atoms with Crippen LogP contribution in [0, 0.1) is 6.92 Å². The minimum atomic E-state index is -0.0769. The molecule has 0 aromatic rings. The Morgan fingerprint density at radius 2 is 1.00 bits per heavy atom. The maximum atomic E-state index is 11.4. The summed E-state index contributed by atoms with van der Waals surface area (Å²) < 4.78 is 0. The van der Waals surface area contributed by atoms with Crippen LogP contribution in [0.2, 0.25) is 0 Å². The van der Waals surface area contributed by atoms with Crippen molar-refractivity contribution in [3.63, 3.8) is 0 Å². The van der Waals surface area contributed by atoms with Gasteiger partial charge in [0.25, 0.3) is 0 Å². The van der Waals surface area contributed by atoms with E-state index < -0.39 is 0 Å². The van der Waals surface area contributed by atoms with E-state index in [1.54, 1.807) is 6.92 Å². The van der Waals surface area contributed by atoms with Gasteiger partial charge < -0.3 is 0 Å². The van der Waals surface area contributed by atoms with Gasteiger partial charge in [0.2, 0.25) is 0 Å². The van der Waals surface area contributed by atoms with Gasteiger partial charge in [-0.25, -0.2) is 0 Å². The maximum absolute atomic E-state index is 11.4. The Morgan fingerprint density at radius 3 is 1.33 bits per heavy atom. The summed E-state index contributed by atoms with van der Waals surface area (Å²) in [5.74, 6) is -0.112. The van der Waals surface area contributed by atoms with Crippen molar-refractivity contribution in [2.75, 3.05) is 0 Å². The van der Waals surface area contributed by atoms with Crippen molar-refractivity contribution in [3.05, 3.63) is 6.92 Å². The third-order valence-corrected chi connectivity index (χ3v) is 2.72. The summed E-state index contributed by atoms with van der Waals surface area (Å²) in [5.41, 5.74) is 0. The zero-order valence-electron chi connectivity index (χ0n) is 11.0. The van der Waals surface area contributed by atoms with Crippen molar-refractivity contribution in [1.29, 1.82) is 0 Å². The molecule has 0 spiro atoms. The average Bonchev–Trinajstić information content (AvgIpc) is 2.39. The highest BCUT2D eigenvalue weighted by Crippen LogP contribution is 2.05. The van der Waals surface area contributed by atoms with Crippen LogP contribution in [-0.4, -0.2) is 23.1 Å². The van der Waals surface area contributed by atoms with E-state index in [4.69, 9.17) is 0 Å². The summed E-state index contributed by atoms with van der Waals surface area (Å²) in [4.78, 5) is 44.7. The standard InChI is InChI=1S/C14H21O4/c1-3-11(15)5-7-13(17)9-10-14(18)8-6-12(16)4-2/h1,3-10H2,2H3. The van der Waals surface area contributed by atoms with Gasteiger partial charge in [-0.05, 0) is 6.92 Å². The first-order valence-corrected chi connectivity index (χ1v) is 6.35. The minimum absolute atomic E-state index is 0.0387. The molecule has 18 heavy (non-hydrogen) atoms. The molecule has 0 saturated heterocycles. The van der Waals surface area contributed by atoms with Gasteiger partial charge in [-0.15, -0.1) is 0 Å². The molecule has 0 amide bonds. The lowest BCUT2D eigenvalue weighted by Crippen LogP contribution is -2.08. The van der Waals surface area contributed by atoms with E-state index >= 15 is 0 Å². The van der Waals surface area contributed by atoms with Gasteiger partial charge in [-0.3, -0.25) is 19.2 Å². The fourth-order valence-electron chi connectivity index (χ4n) is 1.39. The van der Waals surface area contributed by atoms with Crippen LogP contribution in [-0.2, 0) is 19.2 Å². The summed E-state index contributed by atoms with van der Waals surface area (Å²) >= 11 is 0. The third-order valence-electron chi connectivity index (χ3n) is 2.72. The molecule has 0 heterocycles. The molecule has 0 aliphatic rings. The predicted octanol–water partition coefficient (Wildman–Crippen LogP) is 2.24. The van der Waals surface area contributed by atoms with Crippen LogP contribution in [0.4, 0.5) is 0 Å². The van der Waals surface area contributed by atoms with E-state index in [2.05, 4.69) is 6.92 Å². The second kappa shape index (κ2) is 9.68. The Hall–Kier alpha value is -1.32. The smallest absolute Gasteiger partial charge is 0.133 e. The van der Waals surface area contributed by atoms with E-state index in [0.717, 1.165) is 0 Å². The number of ketones is 4. The second-order valence-corrected chi connectivity index (χ2v) is 4.26. The number of carbonyl (C=O) groups excluding carboxylic acids is 4. The maximum Gasteiger partial charge on any atom is 0.133 e. The minimum Gasteiger partial charge on any atom is -0.300 e. The van der Waals surface area contributed by atoms with Crippen LogP contribution in [0.1, 0.15) is 58.3 Å². The molecule has 1 radical (unpaired) electrons. The van der Waals surface area contributed by atoms with Crippen molar-refractivity contribution in [1.82, 2.24) is 0 Å². The van der Waals surface area contributed by atoms with Crippen molar-refractivity contribution in [2.24, 2.45) is 0 Å². The normalized spacial score (nSPS) is 10.1. The van der Waals surface area contributed by atoms with Crippen LogP contribution < -0.4 is 0 Å². The van der Waals surface area contributed by atoms with Crippen LogP contribution in [0.15, 0.2) is 0 Å². The molecule has 101 valence electrons. The van der Waals surface area contributed by atoms with Gasteiger partial charge in [0.15, 0.2) is 0 Å².